The third kappa shape index (κ3) is 0.701. The maximum absolute atomic E-state index is 10.7. The third-order valence-corrected chi connectivity index (χ3v) is 5.76. The normalized spacial score (nSPS) is 52.6. The van der Waals surface area contributed by atoms with Crippen molar-refractivity contribution in [2.75, 3.05) is 0 Å². The van der Waals surface area contributed by atoms with Crippen molar-refractivity contribution in [3.05, 3.63) is 12.7 Å². The van der Waals surface area contributed by atoms with Crippen molar-refractivity contribution in [3.63, 3.8) is 0 Å². The Morgan fingerprint density at radius 1 is 1.43 bits per heavy atom. The molecule has 0 aromatic rings. The van der Waals surface area contributed by atoms with Gasteiger partial charge >= 0.3 is 0 Å². The zero-order chi connectivity index (χ0) is 10.0. The summed E-state index contributed by atoms with van der Waals surface area (Å²) < 4.78 is 0. The van der Waals surface area contributed by atoms with Crippen LogP contribution in [0.1, 0.15) is 45.4 Å². The minimum absolute atomic E-state index is 0.207. The summed E-state index contributed by atoms with van der Waals surface area (Å²) in [7, 11) is 0. The summed E-state index contributed by atoms with van der Waals surface area (Å²) in [5.41, 5.74) is 0.331. The Bertz CT molecular complexity index is 292. The van der Waals surface area contributed by atoms with E-state index in [1.807, 2.05) is 6.08 Å². The first-order chi connectivity index (χ1) is 6.58. The van der Waals surface area contributed by atoms with E-state index in [2.05, 4.69) is 13.5 Å². The molecular formula is C13H20O. The molecule has 3 aliphatic carbocycles. The predicted molar refractivity (Wildman–Crippen MR) is 56.9 cm³/mol. The molecule has 1 N–H and O–H groups in total. The maximum Gasteiger partial charge on any atom is 0.0743 e. The molecule has 3 atom stereocenters. The quantitative estimate of drug-likeness (QED) is 0.667. The van der Waals surface area contributed by atoms with Gasteiger partial charge in [-0.05, 0) is 49.9 Å². The first-order valence-electron chi connectivity index (χ1n) is 5.91. The molecular weight excluding hydrogens is 172 g/mol. The second-order valence-corrected chi connectivity index (χ2v) is 5.95. The van der Waals surface area contributed by atoms with Crippen LogP contribution in [-0.2, 0) is 0 Å². The van der Waals surface area contributed by atoms with Crippen molar-refractivity contribution in [1.82, 2.24) is 0 Å². The van der Waals surface area contributed by atoms with Gasteiger partial charge in [-0.3, -0.25) is 0 Å². The van der Waals surface area contributed by atoms with Gasteiger partial charge in [-0.25, -0.2) is 0 Å². The molecule has 1 heteroatoms. The molecule has 0 amide bonds. The van der Waals surface area contributed by atoms with E-state index in [9.17, 15) is 5.11 Å². The lowest BCUT2D eigenvalue weighted by molar-refractivity contribution is -0.0762. The first kappa shape index (κ1) is 8.96. The van der Waals surface area contributed by atoms with E-state index in [1.54, 1.807) is 0 Å². The monoisotopic (exact) mass is 192 g/mol. The second-order valence-electron chi connectivity index (χ2n) is 5.95. The molecule has 3 fully saturated rings. The zero-order valence-corrected chi connectivity index (χ0v) is 9.05. The Balaban J connectivity index is 2.02. The number of hydrogen-bond donors (Lipinski definition) is 1. The Morgan fingerprint density at radius 2 is 2.14 bits per heavy atom. The summed E-state index contributed by atoms with van der Waals surface area (Å²) in [5.74, 6) is 0.817. The molecule has 0 unspecified atom stereocenters. The van der Waals surface area contributed by atoms with Gasteiger partial charge in [0, 0.05) is 5.41 Å². The van der Waals surface area contributed by atoms with Crippen LogP contribution in [0.5, 0.6) is 0 Å². The van der Waals surface area contributed by atoms with Crippen molar-refractivity contribution in [3.8, 4) is 0 Å². The molecule has 78 valence electrons. The number of rotatable bonds is 2. The Labute approximate surface area is 86.2 Å². The third-order valence-electron chi connectivity index (χ3n) is 5.76. The van der Waals surface area contributed by atoms with Crippen LogP contribution in [0.15, 0.2) is 12.7 Å². The highest BCUT2D eigenvalue weighted by atomic mass is 16.3. The Morgan fingerprint density at radius 3 is 2.64 bits per heavy atom. The molecule has 1 spiro atoms. The Hall–Kier alpha value is -0.300. The fraction of sp³-hybridized carbons (Fsp3) is 0.846. The van der Waals surface area contributed by atoms with E-state index in [4.69, 9.17) is 0 Å². The molecule has 14 heavy (non-hydrogen) atoms. The second kappa shape index (κ2) is 2.27. The minimum Gasteiger partial charge on any atom is -0.389 e. The maximum atomic E-state index is 10.7. The van der Waals surface area contributed by atoms with Crippen molar-refractivity contribution >= 4 is 0 Å². The molecule has 1 nitrogen and oxygen atoms in total. The average Bonchev–Trinajstić information content (AvgIpc) is 2.84. The van der Waals surface area contributed by atoms with Crippen LogP contribution >= 0.6 is 0 Å². The lowest BCUT2D eigenvalue weighted by atomic mass is 9.67. The summed E-state index contributed by atoms with van der Waals surface area (Å²) in [6.45, 7) is 6.12. The molecule has 3 rings (SSSR count). The standard InChI is InChI=1S/C13H20O/c1-3-5-13(14)9-10-4-6-11(13,2)12(10)7-8-12/h3,10,14H,1,4-9H2,2H3/t10-,11-,13-/m1/s1. The van der Waals surface area contributed by atoms with Gasteiger partial charge in [-0.15, -0.1) is 6.58 Å². The molecule has 0 radical (unpaired) electrons. The van der Waals surface area contributed by atoms with Gasteiger partial charge < -0.3 is 5.11 Å². The largest absolute Gasteiger partial charge is 0.389 e. The highest BCUT2D eigenvalue weighted by Crippen LogP contribution is 2.80. The van der Waals surface area contributed by atoms with Crippen LogP contribution < -0.4 is 0 Å². The van der Waals surface area contributed by atoms with Gasteiger partial charge in [-0.2, -0.15) is 0 Å². The van der Waals surface area contributed by atoms with E-state index in [0.717, 1.165) is 18.8 Å². The van der Waals surface area contributed by atoms with Gasteiger partial charge in [0.1, 0.15) is 0 Å². The summed E-state index contributed by atoms with van der Waals surface area (Å²) >= 11 is 0. The van der Waals surface area contributed by atoms with Gasteiger partial charge in [0.05, 0.1) is 5.60 Å². The number of hydrogen-bond acceptors (Lipinski definition) is 1. The zero-order valence-electron chi connectivity index (χ0n) is 9.05. The fourth-order valence-corrected chi connectivity index (χ4v) is 4.71. The highest BCUT2D eigenvalue weighted by molar-refractivity contribution is 5.26. The SMILES string of the molecule is C=CC[C@@]1(O)C[C@H]2CC[C@]1(C)C21CC1. The van der Waals surface area contributed by atoms with E-state index in [0.29, 0.717) is 5.41 Å². The van der Waals surface area contributed by atoms with Gasteiger partial charge in [-0.1, -0.05) is 13.0 Å². The smallest absolute Gasteiger partial charge is 0.0743 e. The Kier molecular flexibility index (Phi) is 1.45. The van der Waals surface area contributed by atoms with Crippen molar-refractivity contribution in [2.24, 2.45) is 16.7 Å². The lowest BCUT2D eigenvalue weighted by Crippen LogP contribution is -2.44. The summed E-state index contributed by atoms with van der Waals surface area (Å²) in [4.78, 5) is 0. The van der Waals surface area contributed by atoms with Crippen LogP contribution in [0.4, 0.5) is 0 Å². The highest BCUT2D eigenvalue weighted by Gasteiger charge is 2.75. The van der Waals surface area contributed by atoms with E-state index in [1.165, 1.54) is 25.7 Å². The predicted octanol–water partition coefficient (Wildman–Crippen LogP) is 2.89. The summed E-state index contributed by atoms with van der Waals surface area (Å²) in [6, 6.07) is 0. The van der Waals surface area contributed by atoms with Crippen LogP contribution in [0.25, 0.3) is 0 Å². The van der Waals surface area contributed by atoms with Crippen molar-refractivity contribution < 1.29 is 5.11 Å². The first-order valence-corrected chi connectivity index (χ1v) is 5.91. The van der Waals surface area contributed by atoms with Gasteiger partial charge in [0.15, 0.2) is 0 Å². The van der Waals surface area contributed by atoms with Gasteiger partial charge in [0.25, 0.3) is 0 Å². The molecule has 3 aliphatic rings. The van der Waals surface area contributed by atoms with Crippen LogP contribution in [0.3, 0.4) is 0 Å². The molecule has 0 heterocycles. The fourth-order valence-electron chi connectivity index (χ4n) is 4.71. The molecule has 3 saturated carbocycles. The summed E-state index contributed by atoms with van der Waals surface area (Å²) in [6.07, 6.45) is 9.07. The van der Waals surface area contributed by atoms with E-state index >= 15 is 0 Å². The van der Waals surface area contributed by atoms with Crippen molar-refractivity contribution in [1.29, 1.82) is 0 Å². The van der Waals surface area contributed by atoms with Crippen LogP contribution in [-0.4, -0.2) is 10.7 Å². The average molecular weight is 192 g/mol. The molecule has 0 aromatic heterocycles. The molecule has 0 aliphatic heterocycles. The van der Waals surface area contributed by atoms with Crippen LogP contribution in [0, 0.1) is 16.7 Å². The molecule has 0 aromatic carbocycles. The van der Waals surface area contributed by atoms with Crippen LogP contribution in [0.2, 0.25) is 0 Å². The van der Waals surface area contributed by atoms with E-state index < -0.39 is 5.60 Å². The lowest BCUT2D eigenvalue weighted by Gasteiger charge is -2.42. The number of aliphatic hydroxyl groups is 1. The molecule has 0 saturated heterocycles. The van der Waals surface area contributed by atoms with Crippen molar-refractivity contribution in [2.45, 2.75) is 51.0 Å². The van der Waals surface area contributed by atoms with E-state index in [-0.39, 0.29) is 5.41 Å². The minimum atomic E-state index is -0.422. The topological polar surface area (TPSA) is 20.2 Å². The van der Waals surface area contributed by atoms with Gasteiger partial charge in [0.2, 0.25) is 0 Å². The summed E-state index contributed by atoms with van der Waals surface area (Å²) in [5, 5.41) is 10.7. The molecule has 2 bridgehead atoms.